The molecule has 0 aromatic carbocycles. The number of allylic oxidation sites excluding steroid dienone is 1. The van der Waals surface area contributed by atoms with Crippen molar-refractivity contribution in [3.63, 3.8) is 0 Å². The lowest BCUT2D eigenvalue weighted by Crippen LogP contribution is -2.21. The number of alkyl halides is 4. The topological polar surface area (TPSA) is 41.5 Å². The Morgan fingerprint density at radius 1 is 1.29 bits per heavy atom. The van der Waals surface area contributed by atoms with Crippen LogP contribution < -0.4 is 5.32 Å². The van der Waals surface area contributed by atoms with Crippen LogP contribution in [0.15, 0.2) is 24.0 Å². The Balaban J connectivity index is 3.99. The Morgan fingerprint density at radius 3 is 2.48 bits per heavy atom. The van der Waals surface area contributed by atoms with Crippen LogP contribution in [0.1, 0.15) is 20.3 Å². The molecule has 0 aliphatic heterocycles. The summed E-state index contributed by atoms with van der Waals surface area (Å²) >= 11 is 0. The zero-order valence-electron chi connectivity index (χ0n) is 12.3. The molecule has 2 N–H and O–H groups in total. The fraction of sp³-hybridized carbons (Fsp3) is 0.714. The van der Waals surface area contributed by atoms with Crippen molar-refractivity contribution in [3.8, 4) is 0 Å². The second-order valence-electron chi connectivity index (χ2n) is 4.86. The summed E-state index contributed by atoms with van der Waals surface area (Å²) in [5.74, 6) is -0.458. The van der Waals surface area contributed by atoms with E-state index in [9.17, 15) is 17.6 Å². The van der Waals surface area contributed by atoms with Crippen molar-refractivity contribution in [2.45, 2.75) is 32.5 Å². The molecule has 2 atom stereocenters. The maximum Gasteiger partial charge on any atom is 0.422 e. The lowest BCUT2D eigenvalue weighted by Gasteiger charge is -2.13. The number of hydrogen-bond acceptors (Lipinski definition) is 3. The second-order valence-corrected chi connectivity index (χ2v) is 4.86. The Morgan fingerprint density at radius 2 is 1.95 bits per heavy atom. The minimum atomic E-state index is -4.47. The lowest BCUT2D eigenvalue weighted by molar-refractivity contribution is -0.165. The minimum Gasteiger partial charge on any atom is -0.486 e. The zero-order chi connectivity index (χ0) is 16.3. The van der Waals surface area contributed by atoms with Gasteiger partial charge in [-0.1, -0.05) is 19.1 Å². The van der Waals surface area contributed by atoms with Crippen LogP contribution >= 0.6 is 0 Å². The highest BCUT2D eigenvalue weighted by molar-refractivity contribution is 4.97. The fourth-order valence-electron chi connectivity index (χ4n) is 1.45. The number of hydrogen-bond donors (Lipinski definition) is 2. The molecule has 124 valence electrons. The summed E-state index contributed by atoms with van der Waals surface area (Å²) in [4.78, 5) is 0. The van der Waals surface area contributed by atoms with Crippen LogP contribution in [0, 0.1) is 5.92 Å². The maximum atomic E-state index is 12.5. The van der Waals surface area contributed by atoms with Crippen molar-refractivity contribution in [3.05, 3.63) is 24.0 Å². The molecule has 0 spiro atoms. The normalized spacial score (nSPS) is 16.2. The first-order valence-corrected chi connectivity index (χ1v) is 6.74. The van der Waals surface area contributed by atoms with Crippen molar-refractivity contribution in [1.29, 1.82) is 0 Å². The van der Waals surface area contributed by atoms with Crippen LogP contribution in [0.2, 0.25) is 0 Å². The summed E-state index contributed by atoms with van der Waals surface area (Å²) in [5, 5.41) is 12.1. The molecule has 3 nitrogen and oxygen atoms in total. The Kier molecular flexibility index (Phi) is 10.1. The number of rotatable bonds is 10. The molecule has 0 saturated heterocycles. The Labute approximate surface area is 122 Å². The average molecular weight is 313 g/mol. The highest BCUT2D eigenvalue weighted by Gasteiger charge is 2.28. The molecule has 21 heavy (non-hydrogen) atoms. The van der Waals surface area contributed by atoms with Crippen LogP contribution in [0.25, 0.3) is 0 Å². The molecule has 7 heteroatoms. The van der Waals surface area contributed by atoms with E-state index >= 15 is 0 Å². The van der Waals surface area contributed by atoms with E-state index in [4.69, 9.17) is 5.11 Å². The van der Waals surface area contributed by atoms with Crippen molar-refractivity contribution >= 4 is 0 Å². The van der Waals surface area contributed by atoms with Crippen LogP contribution in [0.4, 0.5) is 17.6 Å². The quantitative estimate of drug-likeness (QED) is 0.282. The predicted octanol–water partition coefficient (Wildman–Crippen LogP) is 2.97. The first-order chi connectivity index (χ1) is 9.74. The molecular weight excluding hydrogens is 290 g/mol. The van der Waals surface area contributed by atoms with Gasteiger partial charge in [0.05, 0.1) is 6.10 Å². The molecule has 0 amide bonds. The molecule has 0 aliphatic rings. The van der Waals surface area contributed by atoms with Gasteiger partial charge in [-0.25, -0.2) is 4.39 Å². The van der Waals surface area contributed by atoms with Crippen LogP contribution in [-0.2, 0) is 4.74 Å². The molecule has 0 fully saturated rings. The van der Waals surface area contributed by atoms with Crippen molar-refractivity contribution < 1.29 is 27.4 Å². The van der Waals surface area contributed by atoms with Gasteiger partial charge in [0, 0.05) is 13.1 Å². The molecule has 0 rings (SSSR count). The van der Waals surface area contributed by atoms with Crippen molar-refractivity contribution in [2.24, 2.45) is 5.92 Å². The van der Waals surface area contributed by atoms with Gasteiger partial charge in [0.2, 0.25) is 0 Å². The Hall–Kier alpha value is -1.08. The molecule has 0 aromatic rings. The van der Waals surface area contributed by atoms with E-state index in [-0.39, 0.29) is 17.8 Å². The summed E-state index contributed by atoms with van der Waals surface area (Å²) in [6.07, 6.45) is 0.731. The van der Waals surface area contributed by atoms with E-state index in [0.29, 0.717) is 19.5 Å². The third-order valence-corrected chi connectivity index (χ3v) is 2.40. The van der Waals surface area contributed by atoms with E-state index < -0.39 is 19.5 Å². The number of aliphatic hydroxyl groups excluding tert-OH is 1. The van der Waals surface area contributed by atoms with Gasteiger partial charge in [-0.05, 0) is 25.3 Å². The van der Waals surface area contributed by atoms with Gasteiger partial charge in [-0.2, -0.15) is 13.2 Å². The molecule has 0 aromatic heterocycles. The van der Waals surface area contributed by atoms with Gasteiger partial charge in [-0.15, -0.1) is 0 Å². The number of halogens is 4. The van der Waals surface area contributed by atoms with Crippen LogP contribution in [0.5, 0.6) is 0 Å². The van der Waals surface area contributed by atoms with E-state index in [1.165, 1.54) is 6.08 Å². The largest absolute Gasteiger partial charge is 0.486 e. The van der Waals surface area contributed by atoms with Crippen LogP contribution in [-0.4, -0.2) is 43.8 Å². The van der Waals surface area contributed by atoms with E-state index in [2.05, 4.69) is 10.1 Å². The number of aliphatic hydroxyl groups is 1. The number of ether oxygens (including phenoxy) is 1. The molecule has 0 saturated carbocycles. The van der Waals surface area contributed by atoms with Gasteiger partial charge < -0.3 is 15.2 Å². The standard InChI is InChI=1S/C14H23F4NO2/c1-11(9-19-6-4-3-5-12(2)20)7-13(8-15)21-10-14(16,17)18/h3-4,7,11-12,19-20H,5-6,8-10H2,1-2H3/b4-3-,13-7-. The molecule has 0 heterocycles. The van der Waals surface area contributed by atoms with Gasteiger partial charge in [0.1, 0.15) is 12.4 Å². The van der Waals surface area contributed by atoms with Gasteiger partial charge in [0.15, 0.2) is 6.61 Å². The van der Waals surface area contributed by atoms with E-state index in [1.54, 1.807) is 13.8 Å². The van der Waals surface area contributed by atoms with Gasteiger partial charge >= 0.3 is 6.18 Å². The maximum absolute atomic E-state index is 12.5. The van der Waals surface area contributed by atoms with Crippen molar-refractivity contribution in [2.75, 3.05) is 26.4 Å². The highest BCUT2D eigenvalue weighted by Crippen LogP contribution is 2.17. The zero-order valence-corrected chi connectivity index (χ0v) is 12.3. The SMILES string of the molecule is CC(O)C/C=C\CNCC(C)/C=C(/CF)OCC(F)(F)F. The Bertz CT molecular complexity index is 327. The summed E-state index contributed by atoms with van der Waals surface area (Å²) in [5.41, 5.74) is 0. The summed E-state index contributed by atoms with van der Waals surface area (Å²) in [6, 6.07) is 0. The molecular formula is C14H23F4NO2. The minimum absolute atomic E-state index is 0.158. The van der Waals surface area contributed by atoms with Gasteiger partial charge in [0.25, 0.3) is 0 Å². The van der Waals surface area contributed by atoms with E-state index in [0.717, 1.165) is 0 Å². The number of nitrogens with one attached hydrogen (secondary N) is 1. The van der Waals surface area contributed by atoms with Crippen molar-refractivity contribution in [1.82, 2.24) is 5.32 Å². The third kappa shape index (κ3) is 13.7. The third-order valence-electron chi connectivity index (χ3n) is 2.40. The summed E-state index contributed by atoms with van der Waals surface area (Å²) < 4.78 is 52.8. The van der Waals surface area contributed by atoms with Gasteiger partial charge in [-0.3, -0.25) is 0 Å². The molecule has 2 unspecified atom stereocenters. The highest BCUT2D eigenvalue weighted by atomic mass is 19.4. The predicted molar refractivity (Wildman–Crippen MR) is 73.5 cm³/mol. The molecule has 0 aliphatic carbocycles. The first-order valence-electron chi connectivity index (χ1n) is 6.74. The first kappa shape index (κ1) is 19.9. The van der Waals surface area contributed by atoms with E-state index in [1.807, 2.05) is 12.2 Å². The monoisotopic (exact) mass is 313 g/mol. The second kappa shape index (κ2) is 10.6. The molecule has 0 bridgehead atoms. The average Bonchev–Trinajstić information content (AvgIpc) is 2.37. The summed E-state index contributed by atoms with van der Waals surface area (Å²) in [7, 11) is 0. The summed E-state index contributed by atoms with van der Waals surface area (Å²) in [6.45, 7) is 1.94. The smallest absolute Gasteiger partial charge is 0.422 e. The lowest BCUT2D eigenvalue weighted by atomic mass is 10.1. The van der Waals surface area contributed by atoms with Crippen LogP contribution in [0.3, 0.4) is 0 Å². The fourth-order valence-corrected chi connectivity index (χ4v) is 1.45. The molecule has 0 radical (unpaired) electrons.